The van der Waals surface area contributed by atoms with Gasteiger partial charge in [0.1, 0.15) is 24.2 Å². The monoisotopic (exact) mass is 641 g/mol. The summed E-state index contributed by atoms with van der Waals surface area (Å²) in [4.78, 5) is 81.2. The molecule has 2 heterocycles. The number of nitrogens with zero attached hydrogens (tertiary/aromatic N) is 1. The van der Waals surface area contributed by atoms with Crippen molar-refractivity contribution in [3.8, 4) is 0 Å². The molecule has 1 fully saturated rings. The molecule has 0 aliphatic carbocycles. The van der Waals surface area contributed by atoms with Crippen LogP contribution in [0.3, 0.4) is 0 Å². The second kappa shape index (κ2) is 16.2. The topological polar surface area (TPSA) is 230 Å². The van der Waals surface area contributed by atoms with Gasteiger partial charge in [-0.3, -0.25) is 24.0 Å². The summed E-state index contributed by atoms with van der Waals surface area (Å²) in [6.45, 7) is 7.53. The molecule has 1 aliphatic rings. The van der Waals surface area contributed by atoms with Crippen LogP contribution in [0.5, 0.6) is 0 Å². The maximum atomic E-state index is 13.7. The van der Waals surface area contributed by atoms with Crippen molar-refractivity contribution in [1.29, 1.82) is 0 Å². The van der Waals surface area contributed by atoms with Crippen LogP contribution in [0.2, 0.25) is 0 Å². The molecule has 1 aromatic heterocycles. The zero-order valence-electron chi connectivity index (χ0n) is 26.9. The number of carbonyl (C=O) groups excluding carboxylic acids is 5. The number of para-hydroxylation sites is 1. The molecule has 5 atom stereocenters. The number of aromatic nitrogens is 1. The summed E-state index contributed by atoms with van der Waals surface area (Å²) in [5.41, 5.74) is 12.6. The average molecular weight is 642 g/mol. The number of nitrogens with one attached hydrogen (secondary N) is 4. The van der Waals surface area contributed by atoms with Crippen molar-refractivity contribution in [3.63, 3.8) is 0 Å². The van der Waals surface area contributed by atoms with E-state index in [4.69, 9.17) is 11.5 Å². The van der Waals surface area contributed by atoms with Crippen molar-refractivity contribution in [1.82, 2.24) is 25.8 Å². The van der Waals surface area contributed by atoms with Crippen molar-refractivity contribution >= 4 is 46.4 Å². The van der Waals surface area contributed by atoms with Crippen LogP contribution in [0.4, 0.5) is 0 Å². The molecule has 1 aliphatic heterocycles. The predicted octanol–water partition coefficient (Wildman–Crippen LogP) is 0.535. The molecule has 3 rings (SSSR count). The number of fused-ring (bicyclic) bond motifs is 1. The van der Waals surface area contributed by atoms with E-state index < -0.39 is 65.7 Å². The number of primary amides is 1. The van der Waals surface area contributed by atoms with Gasteiger partial charge in [-0.2, -0.15) is 0 Å². The highest BCUT2D eigenvalue weighted by Gasteiger charge is 2.40. The van der Waals surface area contributed by atoms with Crippen LogP contribution in [0.1, 0.15) is 65.4 Å². The molecule has 14 heteroatoms. The van der Waals surface area contributed by atoms with E-state index in [-0.39, 0.29) is 44.1 Å². The van der Waals surface area contributed by atoms with Crippen LogP contribution in [0, 0.1) is 11.8 Å². The number of benzene rings is 1. The molecule has 5 amide bonds. The Morgan fingerprint density at radius 1 is 1.00 bits per heavy atom. The third kappa shape index (κ3) is 9.52. The van der Waals surface area contributed by atoms with Gasteiger partial charge in [0.05, 0.1) is 6.04 Å². The third-order valence-electron chi connectivity index (χ3n) is 8.16. The van der Waals surface area contributed by atoms with Gasteiger partial charge >= 0.3 is 5.97 Å². The number of carboxylic acid groups (broad SMARTS) is 1. The van der Waals surface area contributed by atoms with Gasteiger partial charge in [0, 0.05) is 36.5 Å². The van der Waals surface area contributed by atoms with Gasteiger partial charge in [-0.15, -0.1) is 0 Å². The van der Waals surface area contributed by atoms with E-state index in [0.717, 1.165) is 16.5 Å². The minimum atomic E-state index is -1.24. The number of amides is 5. The second-order valence-corrected chi connectivity index (χ2v) is 12.7. The van der Waals surface area contributed by atoms with Crippen molar-refractivity contribution in [2.45, 2.75) is 96.4 Å². The lowest BCUT2D eigenvalue weighted by atomic mass is 10.00. The van der Waals surface area contributed by atoms with Crippen molar-refractivity contribution < 1.29 is 33.9 Å². The fraction of sp³-hybridized carbons (Fsp3) is 0.562. The summed E-state index contributed by atoms with van der Waals surface area (Å²) in [5.74, 6) is -4.41. The predicted molar refractivity (Wildman–Crippen MR) is 171 cm³/mol. The quantitative estimate of drug-likeness (QED) is 0.136. The number of hydrogen-bond acceptors (Lipinski definition) is 7. The first kappa shape index (κ1) is 36.0. The van der Waals surface area contributed by atoms with E-state index in [9.17, 15) is 33.9 Å². The standard InChI is InChI=1S/C32H47N7O7/c1-17(2)14-23(29(42)37-24(32(45)46)15-19-16-35-22-9-6-5-8-20(19)22)36-30(43)25-10-7-13-39(25)31(44)27(18(3)4)38-28(41)21(33)11-12-26(34)40/h5-6,8-9,16-18,21,23-25,27,35H,7,10-15,33H2,1-4H3,(H2,34,40)(H,36,43)(H,37,42)(H,38,41)(H,45,46)/t21-,23-,24-,25-,27-/m0/s1. The Bertz CT molecular complexity index is 1420. The van der Waals surface area contributed by atoms with E-state index in [0.29, 0.717) is 12.8 Å². The van der Waals surface area contributed by atoms with Gasteiger partial charge in [-0.05, 0) is 49.1 Å². The Hall–Kier alpha value is -4.46. The molecule has 9 N–H and O–H groups in total. The van der Waals surface area contributed by atoms with Crippen LogP contribution in [-0.2, 0) is 35.2 Å². The molecule has 1 aromatic carbocycles. The first-order chi connectivity index (χ1) is 21.7. The number of aromatic amines is 1. The van der Waals surface area contributed by atoms with E-state index in [1.165, 1.54) is 4.90 Å². The number of rotatable bonds is 16. The number of nitrogens with two attached hydrogens (primary N) is 2. The molecule has 1 saturated heterocycles. The number of carbonyl (C=O) groups is 6. The third-order valence-corrected chi connectivity index (χ3v) is 8.16. The molecular formula is C32H47N7O7. The molecule has 252 valence electrons. The van der Waals surface area contributed by atoms with E-state index in [1.807, 2.05) is 38.1 Å². The first-order valence-corrected chi connectivity index (χ1v) is 15.7. The maximum absolute atomic E-state index is 13.7. The molecule has 0 saturated carbocycles. The second-order valence-electron chi connectivity index (χ2n) is 12.7. The summed E-state index contributed by atoms with van der Waals surface area (Å²) < 4.78 is 0. The summed E-state index contributed by atoms with van der Waals surface area (Å²) in [6, 6.07) is 2.25. The Kier molecular flexibility index (Phi) is 12.7. The fourth-order valence-electron chi connectivity index (χ4n) is 5.65. The van der Waals surface area contributed by atoms with Crippen LogP contribution < -0.4 is 27.4 Å². The Labute approximate surface area is 268 Å². The lowest BCUT2D eigenvalue weighted by Gasteiger charge is -2.32. The van der Waals surface area contributed by atoms with Gasteiger partial charge in [0.2, 0.25) is 29.5 Å². The van der Waals surface area contributed by atoms with Crippen LogP contribution >= 0.6 is 0 Å². The highest BCUT2D eigenvalue weighted by atomic mass is 16.4. The van der Waals surface area contributed by atoms with Crippen LogP contribution in [0.25, 0.3) is 10.9 Å². The Balaban J connectivity index is 1.71. The molecule has 0 radical (unpaired) electrons. The highest BCUT2D eigenvalue weighted by molar-refractivity contribution is 5.96. The van der Waals surface area contributed by atoms with E-state index in [1.54, 1.807) is 20.0 Å². The van der Waals surface area contributed by atoms with E-state index in [2.05, 4.69) is 20.9 Å². The van der Waals surface area contributed by atoms with Crippen LogP contribution in [-0.4, -0.2) is 87.2 Å². The average Bonchev–Trinajstić information content (AvgIpc) is 3.65. The van der Waals surface area contributed by atoms with Gasteiger partial charge in [-0.1, -0.05) is 45.9 Å². The first-order valence-electron chi connectivity index (χ1n) is 15.7. The van der Waals surface area contributed by atoms with Gasteiger partial charge in [-0.25, -0.2) is 4.79 Å². The lowest BCUT2D eigenvalue weighted by Crippen LogP contribution is -2.59. The molecule has 46 heavy (non-hydrogen) atoms. The summed E-state index contributed by atoms with van der Waals surface area (Å²) in [5, 5.41) is 18.8. The fourth-order valence-corrected chi connectivity index (χ4v) is 5.65. The van der Waals surface area contributed by atoms with Gasteiger partial charge in [0.25, 0.3) is 0 Å². The summed E-state index contributed by atoms with van der Waals surface area (Å²) in [6.07, 6.45) is 2.82. The van der Waals surface area contributed by atoms with Crippen molar-refractivity contribution in [2.24, 2.45) is 23.3 Å². The summed E-state index contributed by atoms with van der Waals surface area (Å²) >= 11 is 0. The van der Waals surface area contributed by atoms with Crippen molar-refractivity contribution in [2.75, 3.05) is 6.54 Å². The van der Waals surface area contributed by atoms with Crippen molar-refractivity contribution in [3.05, 3.63) is 36.0 Å². The lowest BCUT2D eigenvalue weighted by molar-refractivity contribution is -0.144. The van der Waals surface area contributed by atoms with Crippen LogP contribution in [0.15, 0.2) is 30.5 Å². The Morgan fingerprint density at radius 3 is 2.33 bits per heavy atom. The number of carboxylic acids is 1. The number of hydrogen-bond donors (Lipinski definition) is 7. The Morgan fingerprint density at radius 2 is 1.70 bits per heavy atom. The molecule has 2 aromatic rings. The molecule has 14 nitrogen and oxygen atoms in total. The molecule has 0 spiro atoms. The zero-order chi connectivity index (χ0) is 34.1. The minimum absolute atomic E-state index is 0.0198. The highest BCUT2D eigenvalue weighted by Crippen LogP contribution is 2.22. The van der Waals surface area contributed by atoms with Gasteiger partial charge < -0.3 is 42.4 Å². The number of H-pyrrole nitrogens is 1. The largest absolute Gasteiger partial charge is 0.480 e. The normalized spacial score (nSPS) is 17.4. The zero-order valence-corrected chi connectivity index (χ0v) is 26.9. The molecular weight excluding hydrogens is 594 g/mol. The molecule has 0 bridgehead atoms. The SMILES string of the molecule is CC(C)C[C@H](NC(=O)[C@@H]1CCCN1C(=O)[C@@H](NC(=O)[C@@H](N)CCC(N)=O)C(C)C)C(=O)N[C@@H](Cc1c[nH]c2ccccc12)C(=O)O. The maximum Gasteiger partial charge on any atom is 0.326 e. The minimum Gasteiger partial charge on any atom is -0.480 e. The molecule has 0 unspecified atom stereocenters. The summed E-state index contributed by atoms with van der Waals surface area (Å²) in [7, 11) is 0. The number of aliphatic carboxylic acids is 1. The van der Waals surface area contributed by atoms with E-state index >= 15 is 0 Å². The van der Waals surface area contributed by atoms with Gasteiger partial charge in [0.15, 0.2) is 0 Å². The smallest absolute Gasteiger partial charge is 0.326 e. The number of likely N-dealkylation sites (tertiary alicyclic amines) is 1.